The number of methoxy groups -OCH3 is 1. The molecule has 1 aliphatic carbocycles. The van der Waals surface area contributed by atoms with Gasteiger partial charge in [-0.25, -0.2) is 14.4 Å². The molecule has 4 aromatic heterocycles. The van der Waals surface area contributed by atoms with Gasteiger partial charge in [0.2, 0.25) is 11.8 Å². The van der Waals surface area contributed by atoms with Crippen LogP contribution in [0.4, 0.5) is 21.6 Å². The number of carboxylic acid groups (broad SMARTS) is 1. The van der Waals surface area contributed by atoms with Gasteiger partial charge in [0.25, 0.3) is 6.47 Å². The van der Waals surface area contributed by atoms with Crippen molar-refractivity contribution in [1.82, 2.24) is 19.4 Å². The number of carbonyl (C=O) groups is 3. The second kappa shape index (κ2) is 12.6. The Balaban J connectivity index is 0.00000113. The predicted molar refractivity (Wildman–Crippen MR) is 152 cm³/mol. The number of halogens is 1. The van der Waals surface area contributed by atoms with E-state index in [9.17, 15) is 14.0 Å². The highest BCUT2D eigenvalue weighted by Crippen LogP contribution is 2.42. The Morgan fingerprint density at radius 1 is 1.21 bits per heavy atom. The molecule has 1 aliphatic heterocycles. The number of nitrogens with zero attached hydrogens (tertiary/aromatic N) is 5. The average Bonchev–Trinajstić information content (AvgIpc) is 3.61. The quantitative estimate of drug-likeness (QED) is 0.253. The zero-order valence-electron chi connectivity index (χ0n) is 22.9. The van der Waals surface area contributed by atoms with Crippen LogP contribution in [-0.2, 0) is 27.3 Å². The van der Waals surface area contributed by atoms with Gasteiger partial charge in [0.15, 0.2) is 17.2 Å². The number of pyridine rings is 3. The van der Waals surface area contributed by atoms with Gasteiger partial charge < -0.3 is 29.8 Å². The van der Waals surface area contributed by atoms with Crippen LogP contribution in [0.3, 0.4) is 0 Å². The molecule has 0 bridgehead atoms. The molecule has 1 saturated heterocycles. The topological polar surface area (TPSA) is 151 Å². The molecule has 12 nitrogen and oxygen atoms in total. The van der Waals surface area contributed by atoms with E-state index in [1.807, 2.05) is 15.5 Å². The van der Waals surface area contributed by atoms with Crippen molar-refractivity contribution in [2.45, 2.75) is 44.6 Å². The molecule has 218 valence electrons. The van der Waals surface area contributed by atoms with Gasteiger partial charge in [0.05, 0.1) is 37.2 Å². The van der Waals surface area contributed by atoms with Gasteiger partial charge >= 0.3 is 0 Å². The van der Waals surface area contributed by atoms with E-state index in [1.165, 1.54) is 37.8 Å². The third kappa shape index (κ3) is 6.45. The Kier molecular flexibility index (Phi) is 8.55. The highest BCUT2D eigenvalue weighted by molar-refractivity contribution is 5.98. The third-order valence-electron chi connectivity index (χ3n) is 6.99. The normalized spacial score (nSPS) is 14.3. The first kappa shape index (κ1) is 28.5. The summed E-state index contributed by atoms with van der Waals surface area (Å²) in [6, 6.07) is 7.01. The summed E-state index contributed by atoms with van der Waals surface area (Å²) in [4.78, 5) is 48.2. The van der Waals surface area contributed by atoms with Gasteiger partial charge in [-0.3, -0.25) is 19.4 Å². The fourth-order valence-corrected chi connectivity index (χ4v) is 4.87. The molecule has 0 unspecified atom stereocenters. The van der Waals surface area contributed by atoms with E-state index in [-0.39, 0.29) is 30.2 Å². The minimum absolute atomic E-state index is 0.00665. The number of aromatic nitrogens is 4. The monoisotopic (exact) mass is 575 g/mol. The molecule has 0 radical (unpaired) electrons. The summed E-state index contributed by atoms with van der Waals surface area (Å²) in [6.45, 7) is 0.902. The molecule has 2 amide bonds. The Morgan fingerprint density at radius 3 is 2.71 bits per heavy atom. The van der Waals surface area contributed by atoms with Crippen LogP contribution >= 0.6 is 0 Å². The van der Waals surface area contributed by atoms with Crippen LogP contribution in [0, 0.1) is 5.82 Å². The molecule has 0 atom stereocenters. The fourth-order valence-electron chi connectivity index (χ4n) is 4.87. The molecule has 2 fully saturated rings. The maximum Gasteiger partial charge on any atom is 0.290 e. The number of rotatable bonds is 9. The lowest BCUT2D eigenvalue weighted by molar-refractivity contribution is -0.123. The van der Waals surface area contributed by atoms with Gasteiger partial charge in [-0.15, -0.1) is 0 Å². The van der Waals surface area contributed by atoms with Crippen molar-refractivity contribution in [3.05, 3.63) is 71.8 Å². The number of ether oxygens (including phenoxy) is 1. The number of anilines is 3. The maximum atomic E-state index is 14.4. The summed E-state index contributed by atoms with van der Waals surface area (Å²) >= 11 is 0. The third-order valence-corrected chi connectivity index (χ3v) is 6.99. The minimum Gasteiger partial charge on any atom is -0.494 e. The van der Waals surface area contributed by atoms with Crippen molar-refractivity contribution in [3.63, 3.8) is 0 Å². The molecule has 4 aromatic rings. The zero-order chi connectivity index (χ0) is 29.6. The van der Waals surface area contributed by atoms with Crippen LogP contribution in [0.25, 0.3) is 5.65 Å². The second-order valence-electron chi connectivity index (χ2n) is 9.93. The number of hydrogen-bond acceptors (Lipinski definition) is 8. The molecule has 0 spiro atoms. The summed E-state index contributed by atoms with van der Waals surface area (Å²) in [5.41, 5.74) is 4.44. The van der Waals surface area contributed by atoms with Gasteiger partial charge in [-0.05, 0) is 42.9 Å². The van der Waals surface area contributed by atoms with Crippen molar-refractivity contribution < 1.29 is 28.6 Å². The molecular weight excluding hydrogens is 545 g/mol. The molecule has 2 aliphatic rings. The first-order valence-electron chi connectivity index (χ1n) is 13.5. The van der Waals surface area contributed by atoms with Crippen molar-refractivity contribution in [1.29, 1.82) is 0 Å². The van der Waals surface area contributed by atoms with E-state index in [1.54, 1.807) is 18.3 Å². The van der Waals surface area contributed by atoms with E-state index in [0.717, 1.165) is 35.7 Å². The number of fused-ring (bicyclic) bond motifs is 1. The SMILES string of the molecule is COc1ccnc(CC(=O)Nc2cc(NCc3cn4cc(C5CC5)cc(N5CCCC5=O)c4n3)ccn2)c1F.O=CO. The molecule has 13 heteroatoms. The zero-order valence-corrected chi connectivity index (χ0v) is 22.9. The first-order valence-corrected chi connectivity index (χ1v) is 13.5. The highest BCUT2D eigenvalue weighted by atomic mass is 19.1. The highest BCUT2D eigenvalue weighted by Gasteiger charge is 2.29. The molecule has 3 N–H and O–H groups in total. The van der Waals surface area contributed by atoms with E-state index in [4.69, 9.17) is 19.6 Å². The Hall–Kier alpha value is -5.07. The van der Waals surface area contributed by atoms with Gasteiger partial charge in [-0.2, -0.15) is 0 Å². The molecular formula is C29H30FN7O5. The molecule has 1 saturated carbocycles. The van der Waals surface area contributed by atoms with Crippen LogP contribution in [0.5, 0.6) is 5.75 Å². The number of imidazole rings is 1. The minimum atomic E-state index is -0.660. The number of nitrogens with one attached hydrogen (secondary N) is 2. The van der Waals surface area contributed by atoms with Gasteiger partial charge in [0.1, 0.15) is 5.82 Å². The van der Waals surface area contributed by atoms with E-state index in [2.05, 4.69) is 32.9 Å². The van der Waals surface area contributed by atoms with E-state index in [0.29, 0.717) is 24.7 Å². The van der Waals surface area contributed by atoms with E-state index < -0.39 is 11.7 Å². The summed E-state index contributed by atoms with van der Waals surface area (Å²) in [6.07, 6.45) is 10.6. The van der Waals surface area contributed by atoms with E-state index >= 15 is 0 Å². The summed E-state index contributed by atoms with van der Waals surface area (Å²) in [7, 11) is 1.36. The average molecular weight is 576 g/mol. The van der Waals surface area contributed by atoms with Crippen LogP contribution in [0.1, 0.15) is 48.6 Å². The van der Waals surface area contributed by atoms with Crippen LogP contribution in [0.2, 0.25) is 0 Å². The lowest BCUT2D eigenvalue weighted by Crippen LogP contribution is -2.24. The van der Waals surface area contributed by atoms with Gasteiger partial charge in [-0.1, -0.05) is 0 Å². The summed E-state index contributed by atoms with van der Waals surface area (Å²) in [5.74, 6) is -0.0536. The van der Waals surface area contributed by atoms with Gasteiger partial charge in [0, 0.05) is 55.6 Å². The standard InChI is InChI=1S/C28H28FN7O3.CH2O2/c1-39-23-7-9-30-21(27(23)29)13-25(37)34-24-12-19(6-8-31-24)32-14-20-16-35-15-18(17-4-5-17)11-22(28(35)33-20)36-10-2-3-26(36)38;2-1-3/h6-9,11-12,15-17H,2-5,10,13-14H2,1H3,(H2,31,32,34,37);1H,(H,2,3). The van der Waals surface area contributed by atoms with Crippen molar-refractivity contribution in [3.8, 4) is 5.75 Å². The van der Waals surface area contributed by atoms with Crippen molar-refractivity contribution in [2.75, 3.05) is 29.2 Å². The predicted octanol–water partition coefficient (Wildman–Crippen LogP) is 3.77. The lowest BCUT2D eigenvalue weighted by atomic mass is 10.1. The van der Waals surface area contributed by atoms with Crippen molar-refractivity contribution in [2.24, 2.45) is 0 Å². The number of hydrogen-bond donors (Lipinski definition) is 3. The lowest BCUT2D eigenvalue weighted by Gasteiger charge is -2.17. The van der Waals surface area contributed by atoms with Crippen molar-refractivity contribution >= 4 is 41.1 Å². The first-order chi connectivity index (χ1) is 20.4. The number of carbonyl (C=O) groups excluding carboxylic acids is 2. The Morgan fingerprint density at radius 2 is 2.00 bits per heavy atom. The molecule has 5 heterocycles. The largest absolute Gasteiger partial charge is 0.494 e. The summed E-state index contributed by atoms with van der Waals surface area (Å²) < 4.78 is 21.3. The number of amides is 2. The van der Waals surface area contributed by atoms with Crippen LogP contribution in [-0.4, -0.2) is 56.4 Å². The molecule has 0 aromatic carbocycles. The second-order valence-corrected chi connectivity index (χ2v) is 9.93. The van der Waals surface area contributed by atoms with Crippen LogP contribution in [0.15, 0.2) is 49.1 Å². The summed E-state index contributed by atoms with van der Waals surface area (Å²) in [5, 5.41) is 12.9. The fraction of sp³-hybridized carbons (Fsp3) is 0.310. The Bertz CT molecular complexity index is 1620. The molecule has 6 rings (SSSR count). The van der Waals surface area contributed by atoms with Crippen LogP contribution < -0.4 is 20.3 Å². The smallest absolute Gasteiger partial charge is 0.290 e. The Labute approximate surface area is 240 Å². The maximum absolute atomic E-state index is 14.4. The molecule has 42 heavy (non-hydrogen) atoms.